The van der Waals surface area contributed by atoms with Crippen molar-refractivity contribution >= 4 is 17.3 Å². The van der Waals surface area contributed by atoms with Gasteiger partial charge < -0.3 is 15.4 Å². The van der Waals surface area contributed by atoms with E-state index < -0.39 is 5.82 Å². The maximum atomic E-state index is 13.5. The summed E-state index contributed by atoms with van der Waals surface area (Å²) in [7, 11) is 0. The summed E-state index contributed by atoms with van der Waals surface area (Å²) in [4.78, 5) is 12.6. The fourth-order valence-electron chi connectivity index (χ4n) is 2.80. The van der Waals surface area contributed by atoms with Crippen molar-refractivity contribution in [1.82, 2.24) is 5.32 Å². The van der Waals surface area contributed by atoms with Crippen molar-refractivity contribution in [3.8, 4) is 5.75 Å². The molecule has 0 aliphatic heterocycles. The van der Waals surface area contributed by atoms with E-state index in [1.807, 2.05) is 37.3 Å². The zero-order valence-corrected chi connectivity index (χ0v) is 16.0. The SMILES string of the molecule is Cc1cccc(Nc2ccccc2C(=O)NCCOc2ccccc2F)c1C. The van der Waals surface area contributed by atoms with E-state index in [0.29, 0.717) is 5.56 Å². The van der Waals surface area contributed by atoms with E-state index in [1.54, 1.807) is 24.3 Å². The third kappa shape index (κ3) is 4.68. The first-order valence-corrected chi connectivity index (χ1v) is 9.14. The average molecular weight is 378 g/mol. The first-order valence-electron chi connectivity index (χ1n) is 9.14. The summed E-state index contributed by atoms with van der Waals surface area (Å²) in [6.45, 7) is 4.54. The molecular weight excluding hydrogens is 355 g/mol. The Morgan fingerprint density at radius 1 is 0.929 bits per heavy atom. The molecule has 0 saturated carbocycles. The van der Waals surface area contributed by atoms with Crippen LogP contribution >= 0.6 is 0 Å². The molecule has 144 valence electrons. The molecule has 0 spiro atoms. The van der Waals surface area contributed by atoms with E-state index in [0.717, 1.165) is 16.9 Å². The molecule has 0 aliphatic rings. The maximum absolute atomic E-state index is 13.5. The Bertz CT molecular complexity index is 972. The zero-order valence-electron chi connectivity index (χ0n) is 16.0. The van der Waals surface area contributed by atoms with Crippen LogP contribution in [-0.4, -0.2) is 19.1 Å². The second-order valence-corrected chi connectivity index (χ2v) is 6.45. The van der Waals surface area contributed by atoms with Gasteiger partial charge in [0.05, 0.1) is 17.8 Å². The summed E-state index contributed by atoms with van der Waals surface area (Å²) >= 11 is 0. The van der Waals surface area contributed by atoms with Gasteiger partial charge in [0.1, 0.15) is 6.61 Å². The summed E-state index contributed by atoms with van der Waals surface area (Å²) in [6.07, 6.45) is 0. The van der Waals surface area contributed by atoms with E-state index in [1.165, 1.54) is 11.6 Å². The number of rotatable bonds is 7. The van der Waals surface area contributed by atoms with E-state index >= 15 is 0 Å². The molecule has 0 unspecified atom stereocenters. The number of nitrogens with one attached hydrogen (secondary N) is 2. The highest BCUT2D eigenvalue weighted by Crippen LogP contribution is 2.25. The zero-order chi connectivity index (χ0) is 19.9. The molecule has 0 atom stereocenters. The highest BCUT2D eigenvalue weighted by atomic mass is 19.1. The van der Waals surface area contributed by atoms with Crippen molar-refractivity contribution in [2.45, 2.75) is 13.8 Å². The highest BCUT2D eigenvalue weighted by molar-refractivity contribution is 6.00. The minimum absolute atomic E-state index is 0.175. The second-order valence-electron chi connectivity index (χ2n) is 6.45. The lowest BCUT2D eigenvalue weighted by Crippen LogP contribution is -2.28. The smallest absolute Gasteiger partial charge is 0.253 e. The predicted octanol–water partition coefficient (Wildman–Crippen LogP) is 4.99. The van der Waals surface area contributed by atoms with Gasteiger partial charge >= 0.3 is 0 Å². The number of anilines is 2. The molecule has 0 radical (unpaired) electrons. The van der Waals surface area contributed by atoms with E-state index in [4.69, 9.17) is 4.74 Å². The Morgan fingerprint density at radius 2 is 1.64 bits per heavy atom. The van der Waals surface area contributed by atoms with Crippen LogP contribution in [0.5, 0.6) is 5.75 Å². The summed E-state index contributed by atoms with van der Waals surface area (Å²) in [5.41, 5.74) is 4.54. The Balaban J connectivity index is 1.62. The number of hydrogen-bond donors (Lipinski definition) is 2. The van der Waals surface area contributed by atoms with Crippen LogP contribution in [0.15, 0.2) is 66.7 Å². The summed E-state index contributed by atoms with van der Waals surface area (Å²) < 4.78 is 18.9. The molecule has 0 heterocycles. The van der Waals surface area contributed by atoms with Crippen LogP contribution in [-0.2, 0) is 0 Å². The van der Waals surface area contributed by atoms with Crippen LogP contribution in [0.4, 0.5) is 15.8 Å². The third-order valence-corrected chi connectivity index (χ3v) is 4.53. The van der Waals surface area contributed by atoms with Crippen LogP contribution in [0.25, 0.3) is 0 Å². The van der Waals surface area contributed by atoms with Crippen LogP contribution in [0.2, 0.25) is 0 Å². The quantitative estimate of drug-likeness (QED) is 0.569. The van der Waals surface area contributed by atoms with Gasteiger partial charge in [-0.05, 0) is 55.3 Å². The molecule has 5 heteroatoms. The van der Waals surface area contributed by atoms with Crippen molar-refractivity contribution in [3.63, 3.8) is 0 Å². The van der Waals surface area contributed by atoms with Crippen LogP contribution in [0, 0.1) is 19.7 Å². The normalized spacial score (nSPS) is 10.4. The molecular formula is C23H23FN2O2. The number of ether oxygens (including phenoxy) is 1. The molecule has 4 nitrogen and oxygen atoms in total. The van der Waals surface area contributed by atoms with Crippen molar-refractivity contribution in [2.24, 2.45) is 0 Å². The Labute approximate surface area is 164 Å². The Morgan fingerprint density at radius 3 is 2.46 bits per heavy atom. The van der Waals surface area contributed by atoms with E-state index in [2.05, 4.69) is 23.6 Å². The van der Waals surface area contributed by atoms with Gasteiger partial charge in [-0.1, -0.05) is 36.4 Å². The first-order chi connectivity index (χ1) is 13.6. The summed E-state index contributed by atoms with van der Waals surface area (Å²) in [5, 5.41) is 6.16. The van der Waals surface area contributed by atoms with Gasteiger partial charge in [0, 0.05) is 5.69 Å². The number of hydrogen-bond acceptors (Lipinski definition) is 3. The summed E-state index contributed by atoms with van der Waals surface area (Å²) in [6, 6.07) is 19.5. The molecule has 0 saturated heterocycles. The number of amides is 1. The fourth-order valence-corrected chi connectivity index (χ4v) is 2.80. The average Bonchev–Trinajstić information content (AvgIpc) is 2.70. The minimum Gasteiger partial charge on any atom is -0.489 e. The van der Waals surface area contributed by atoms with Gasteiger partial charge in [0.25, 0.3) is 5.91 Å². The number of carbonyl (C=O) groups excluding carboxylic acids is 1. The lowest BCUT2D eigenvalue weighted by Gasteiger charge is -2.15. The first kappa shape index (κ1) is 19.4. The topological polar surface area (TPSA) is 50.4 Å². The number of benzene rings is 3. The molecule has 0 aromatic heterocycles. The molecule has 1 amide bonds. The number of carbonyl (C=O) groups is 1. The van der Waals surface area contributed by atoms with Crippen LogP contribution in [0.3, 0.4) is 0 Å². The monoisotopic (exact) mass is 378 g/mol. The number of para-hydroxylation sites is 2. The van der Waals surface area contributed by atoms with E-state index in [-0.39, 0.29) is 24.8 Å². The second kappa shape index (κ2) is 9.04. The molecule has 3 aromatic carbocycles. The van der Waals surface area contributed by atoms with E-state index in [9.17, 15) is 9.18 Å². The fraction of sp³-hybridized carbons (Fsp3) is 0.174. The number of aryl methyl sites for hydroxylation is 1. The van der Waals surface area contributed by atoms with Crippen molar-refractivity contribution in [2.75, 3.05) is 18.5 Å². The van der Waals surface area contributed by atoms with Gasteiger partial charge in [0.15, 0.2) is 11.6 Å². The van der Waals surface area contributed by atoms with Crippen LogP contribution in [0.1, 0.15) is 21.5 Å². The maximum Gasteiger partial charge on any atom is 0.253 e. The van der Waals surface area contributed by atoms with Gasteiger partial charge in [-0.2, -0.15) is 0 Å². The summed E-state index contributed by atoms with van der Waals surface area (Å²) in [5.74, 6) is -0.462. The molecule has 0 bridgehead atoms. The molecule has 0 aliphatic carbocycles. The van der Waals surface area contributed by atoms with Crippen molar-refractivity contribution in [1.29, 1.82) is 0 Å². The van der Waals surface area contributed by atoms with Crippen molar-refractivity contribution < 1.29 is 13.9 Å². The lowest BCUT2D eigenvalue weighted by atomic mass is 10.1. The highest BCUT2D eigenvalue weighted by Gasteiger charge is 2.12. The van der Waals surface area contributed by atoms with Gasteiger partial charge in [-0.15, -0.1) is 0 Å². The predicted molar refractivity (Wildman–Crippen MR) is 110 cm³/mol. The molecule has 3 rings (SSSR count). The number of halogens is 1. The van der Waals surface area contributed by atoms with Crippen molar-refractivity contribution in [3.05, 3.63) is 89.2 Å². The minimum atomic E-state index is -0.420. The molecule has 0 fully saturated rings. The standard InChI is InChI=1S/C23H23FN2O2/c1-16-8-7-12-20(17(16)2)26-21-11-5-3-9-18(21)23(27)25-14-15-28-22-13-6-4-10-19(22)24/h3-13,26H,14-15H2,1-2H3,(H,25,27). The third-order valence-electron chi connectivity index (χ3n) is 4.53. The van der Waals surface area contributed by atoms with Gasteiger partial charge in [0.2, 0.25) is 0 Å². The Kier molecular flexibility index (Phi) is 6.27. The molecule has 3 aromatic rings. The molecule has 2 N–H and O–H groups in total. The van der Waals surface area contributed by atoms with Gasteiger partial charge in [-0.3, -0.25) is 4.79 Å². The molecule has 28 heavy (non-hydrogen) atoms. The Hall–Kier alpha value is -3.34. The van der Waals surface area contributed by atoms with Crippen LogP contribution < -0.4 is 15.4 Å². The lowest BCUT2D eigenvalue weighted by molar-refractivity contribution is 0.0947. The van der Waals surface area contributed by atoms with Gasteiger partial charge in [-0.25, -0.2) is 4.39 Å². The largest absolute Gasteiger partial charge is 0.489 e.